The molecule has 0 spiro atoms. The Bertz CT molecular complexity index is 255. The molecule has 0 fully saturated rings. The summed E-state index contributed by atoms with van der Waals surface area (Å²) in [5.41, 5.74) is 0. The highest BCUT2D eigenvalue weighted by Crippen LogP contribution is 1.89. The monoisotopic (exact) mass is 197 g/mol. The van der Waals surface area contributed by atoms with E-state index in [9.17, 15) is 9.59 Å². The van der Waals surface area contributed by atoms with E-state index in [1.165, 1.54) is 6.92 Å². The molecule has 5 nitrogen and oxygen atoms in total. The van der Waals surface area contributed by atoms with E-state index < -0.39 is 11.8 Å². The normalized spacial score (nSPS) is 11.6. The molecule has 0 bridgehead atoms. The minimum Gasteiger partial charge on any atom is -0.352 e. The Kier molecular flexibility index (Phi) is 5.30. The van der Waals surface area contributed by atoms with Crippen molar-refractivity contribution in [3.8, 4) is 6.07 Å². The van der Waals surface area contributed by atoms with Gasteiger partial charge in [0.15, 0.2) is 0 Å². The molecule has 14 heavy (non-hydrogen) atoms. The first-order valence-corrected chi connectivity index (χ1v) is 4.44. The number of carbonyl (C=O) groups excluding carboxylic acids is 2. The Labute approximate surface area is 83.5 Å². The minimum atomic E-state index is -0.721. The fourth-order valence-electron chi connectivity index (χ4n) is 0.752. The number of nitriles is 1. The van der Waals surface area contributed by atoms with Gasteiger partial charge in [0, 0.05) is 6.04 Å². The van der Waals surface area contributed by atoms with Crippen LogP contribution in [0.25, 0.3) is 0 Å². The van der Waals surface area contributed by atoms with E-state index >= 15 is 0 Å². The van der Waals surface area contributed by atoms with E-state index in [0.29, 0.717) is 0 Å². The van der Waals surface area contributed by atoms with E-state index in [0.717, 1.165) is 0 Å². The Morgan fingerprint density at radius 3 is 2.36 bits per heavy atom. The van der Waals surface area contributed by atoms with Gasteiger partial charge in [-0.1, -0.05) is 0 Å². The summed E-state index contributed by atoms with van der Waals surface area (Å²) < 4.78 is 0. The number of carbonyl (C=O) groups is 2. The van der Waals surface area contributed by atoms with Crippen LogP contribution in [0, 0.1) is 17.2 Å². The Balaban J connectivity index is 3.79. The number of hydrogen-bond acceptors (Lipinski definition) is 3. The van der Waals surface area contributed by atoms with Gasteiger partial charge in [-0.25, -0.2) is 0 Å². The highest BCUT2D eigenvalue weighted by molar-refractivity contribution is 5.86. The molecule has 0 saturated heterocycles. The lowest BCUT2D eigenvalue weighted by atomic mass is 10.2. The van der Waals surface area contributed by atoms with Crippen molar-refractivity contribution in [3.05, 3.63) is 0 Å². The summed E-state index contributed by atoms with van der Waals surface area (Å²) in [6, 6.07) is 1.83. The van der Waals surface area contributed by atoms with Crippen molar-refractivity contribution in [2.45, 2.75) is 26.8 Å². The third kappa shape index (κ3) is 5.14. The molecule has 0 aromatic heterocycles. The SMILES string of the molecule is CC(C)NC(=O)CNC(=O)C(C)C#N. The van der Waals surface area contributed by atoms with Crippen molar-refractivity contribution in [2.24, 2.45) is 5.92 Å². The van der Waals surface area contributed by atoms with Gasteiger partial charge in [-0.05, 0) is 20.8 Å². The number of nitrogens with one attached hydrogen (secondary N) is 2. The Hall–Kier alpha value is -1.57. The van der Waals surface area contributed by atoms with E-state index in [2.05, 4.69) is 10.6 Å². The van der Waals surface area contributed by atoms with Crippen LogP contribution in [0.5, 0.6) is 0 Å². The second kappa shape index (κ2) is 5.97. The first kappa shape index (κ1) is 12.4. The maximum atomic E-state index is 11.1. The predicted octanol–water partition coefficient (Wildman–Crippen LogP) is -0.213. The Morgan fingerprint density at radius 1 is 1.36 bits per heavy atom. The molecule has 0 rings (SSSR count). The van der Waals surface area contributed by atoms with Gasteiger partial charge in [-0.2, -0.15) is 5.26 Å². The number of nitrogens with zero attached hydrogens (tertiary/aromatic N) is 1. The van der Waals surface area contributed by atoms with Gasteiger partial charge in [0.2, 0.25) is 11.8 Å². The zero-order valence-electron chi connectivity index (χ0n) is 8.63. The van der Waals surface area contributed by atoms with Crippen LogP contribution in [0.1, 0.15) is 20.8 Å². The van der Waals surface area contributed by atoms with Crippen LogP contribution < -0.4 is 10.6 Å². The molecule has 1 unspecified atom stereocenters. The van der Waals surface area contributed by atoms with Gasteiger partial charge in [-0.3, -0.25) is 9.59 Å². The van der Waals surface area contributed by atoms with Crippen molar-refractivity contribution < 1.29 is 9.59 Å². The highest BCUT2D eigenvalue weighted by Gasteiger charge is 2.12. The fourth-order valence-corrected chi connectivity index (χ4v) is 0.752. The lowest BCUT2D eigenvalue weighted by Crippen LogP contribution is -2.41. The zero-order valence-corrected chi connectivity index (χ0v) is 8.63. The molecule has 1 atom stereocenters. The molecule has 0 aliphatic rings. The summed E-state index contributed by atoms with van der Waals surface area (Å²) in [4.78, 5) is 22.1. The van der Waals surface area contributed by atoms with E-state index in [-0.39, 0.29) is 18.5 Å². The molecule has 2 amide bonds. The fraction of sp³-hybridized carbons (Fsp3) is 0.667. The molecule has 0 aliphatic carbocycles. The molecule has 0 heterocycles. The van der Waals surface area contributed by atoms with Crippen molar-refractivity contribution in [3.63, 3.8) is 0 Å². The summed E-state index contributed by atoms with van der Waals surface area (Å²) >= 11 is 0. The molecular weight excluding hydrogens is 182 g/mol. The highest BCUT2D eigenvalue weighted by atomic mass is 16.2. The lowest BCUT2D eigenvalue weighted by Gasteiger charge is -2.09. The average Bonchev–Trinajstić information content (AvgIpc) is 2.11. The molecule has 0 aromatic carbocycles. The van der Waals surface area contributed by atoms with Crippen molar-refractivity contribution in [1.29, 1.82) is 5.26 Å². The summed E-state index contributed by atoms with van der Waals surface area (Å²) in [7, 11) is 0. The number of rotatable bonds is 4. The van der Waals surface area contributed by atoms with Gasteiger partial charge in [0.1, 0.15) is 5.92 Å². The first-order chi connectivity index (χ1) is 6.47. The van der Waals surface area contributed by atoms with Crippen LogP contribution in [0.3, 0.4) is 0 Å². The summed E-state index contributed by atoms with van der Waals surface area (Å²) in [5.74, 6) is -1.40. The van der Waals surface area contributed by atoms with Gasteiger partial charge in [-0.15, -0.1) is 0 Å². The van der Waals surface area contributed by atoms with Crippen LogP contribution >= 0.6 is 0 Å². The first-order valence-electron chi connectivity index (χ1n) is 4.44. The van der Waals surface area contributed by atoms with E-state index in [1.54, 1.807) is 6.07 Å². The average molecular weight is 197 g/mol. The van der Waals surface area contributed by atoms with Crippen LogP contribution in [-0.4, -0.2) is 24.4 Å². The number of amides is 2. The molecule has 5 heteroatoms. The summed E-state index contributed by atoms with van der Waals surface area (Å²) in [6.07, 6.45) is 0. The number of hydrogen-bond donors (Lipinski definition) is 2. The molecule has 2 N–H and O–H groups in total. The van der Waals surface area contributed by atoms with Crippen LogP contribution in [0.15, 0.2) is 0 Å². The van der Waals surface area contributed by atoms with Crippen molar-refractivity contribution >= 4 is 11.8 Å². The smallest absolute Gasteiger partial charge is 0.239 e. The standard InChI is InChI=1S/C9H15N3O2/c1-6(2)12-8(13)5-11-9(14)7(3)4-10/h6-7H,5H2,1-3H3,(H,11,14)(H,12,13). The third-order valence-electron chi connectivity index (χ3n) is 1.46. The second-order valence-electron chi connectivity index (χ2n) is 3.29. The molecular formula is C9H15N3O2. The maximum Gasteiger partial charge on any atom is 0.239 e. The van der Waals surface area contributed by atoms with Gasteiger partial charge in [0.25, 0.3) is 0 Å². The van der Waals surface area contributed by atoms with Crippen LogP contribution in [0.2, 0.25) is 0 Å². The largest absolute Gasteiger partial charge is 0.352 e. The topological polar surface area (TPSA) is 82.0 Å². The second-order valence-corrected chi connectivity index (χ2v) is 3.29. The molecule has 0 aliphatic heterocycles. The molecule has 0 aromatic rings. The van der Waals surface area contributed by atoms with Gasteiger partial charge >= 0.3 is 0 Å². The lowest BCUT2D eigenvalue weighted by molar-refractivity contribution is -0.127. The van der Waals surface area contributed by atoms with Crippen LogP contribution in [0.4, 0.5) is 0 Å². The molecule has 78 valence electrons. The summed E-state index contributed by atoms with van der Waals surface area (Å²) in [6.45, 7) is 5.06. The van der Waals surface area contributed by atoms with Crippen molar-refractivity contribution in [1.82, 2.24) is 10.6 Å². The van der Waals surface area contributed by atoms with E-state index in [4.69, 9.17) is 5.26 Å². The van der Waals surface area contributed by atoms with Gasteiger partial charge in [0.05, 0.1) is 12.6 Å². The molecule has 0 radical (unpaired) electrons. The third-order valence-corrected chi connectivity index (χ3v) is 1.46. The molecule has 0 saturated carbocycles. The van der Waals surface area contributed by atoms with Crippen molar-refractivity contribution in [2.75, 3.05) is 6.54 Å². The predicted molar refractivity (Wildman–Crippen MR) is 51.1 cm³/mol. The van der Waals surface area contributed by atoms with Crippen LogP contribution in [-0.2, 0) is 9.59 Å². The zero-order chi connectivity index (χ0) is 11.1. The quantitative estimate of drug-likeness (QED) is 0.654. The summed E-state index contributed by atoms with van der Waals surface area (Å²) in [5, 5.41) is 13.4. The maximum absolute atomic E-state index is 11.1. The Morgan fingerprint density at radius 2 is 1.93 bits per heavy atom. The van der Waals surface area contributed by atoms with E-state index in [1.807, 2.05) is 13.8 Å². The minimum absolute atomic E-state index is 0.0489. The van der Waals surface area contributed by atoms with Gasteiger partial charge < -0.3 is 10.6 Å².